The quantitative estimate of drug-likeness (QED) is 0.431. The molecule has 2 aromatic rings. The zero-order valence-electron chi connectivity index (χ0n) is 13.2. The summed E-state index contributed by atoms with van der Waals surface area (Å²) in [6.45, 7) is 2.79. The monoisotopic (exact) mass is 372 g/mol. The summed E-state index contributed by atoms with van der Waals surface area (Å²) in [5.41, 5.74) is 3.27. The number of likely N-dealkylation sites (N-methyl/N-ethyl adjacent to an activating group) is 1. The molecule has 0 amide bonds. The van der Waals surface area contributed by atoms with Crippen LogP contribution in [0.5, 0.6) is 0 Å². The smallest absolute Gasteiger partial charge is 0.369 e. The molecular weight excluding hydrogens is 354 g/mol. The van der Waals surface area contributed by atoms with Crippen LogP contribution in [0.4, 0.5) is 16.5 Å². The van der Waals surface area contributed by atoms with Crippen molar-refractivity contribution in [3.8, 4) is 0 Å². The zero-order chi connectivity index (χ0) is 17.6. The highest BCUT2D eigenvalue weighted by molar-refractivity contribution is 7.80. The first kappa shape index (κ1) is 18.4. The van der Waals surface area contributed by atoms with Crippen molar-refractivity contribution in [2.45, 2.75) is 6.92 Å². The fourth-order valence-electron chi connectivity index (χ4n) is 1.91. The Morgan fingerprint density at radius 3 is 2.58 bits per heavy atom. The second kappa shape index (κ2) is 8.24. The molecule has 1 heterocycles. The van der Waals surface area contributed by atoms with Crippen LogP contribution in [0.25, 0.3) is 0 Å². The minimum absolute atomic E-state index is 0.129. The first-order valence-corrected chi connectivity index (χ1v) is 9.32. The fourth-order valence-corrected chi connectivity index (χ4v) is 2.76. The van der Waals surface area contributed by atoms with Gasteiger partial charge >= 0.3 is 15.5 Å². The number of benzene rings is 1. The number of aromatic nitrogens is 2. The predicted octanol–water partition coefficient (Wildman–Crippen LogP) is 2.03. The van der Waals surface area contributed by atoms with Crippen LogP contribution in [0, 0.1) is 0 Å². The van der Waals surface area contributed by atoms with Gasteiger partial charge in [-0.25, -0.2) is 4.18 Å². The van der Waals surface area contributed by atoms with E-state index in [9.17, 15) is 8.42 Å². The Balaban J connectivity index is 1.99. The molecule has 11 heteroatoms. The standard InChI is InChI=1S/C13H17N5O4S2/c1-3-18(8-9-22-24(19,20)21)12-6-4-11(5-7-12)15-16-13-17(2)14-10-23-13/h4-7,10H,3,8-9H2,1-2H3/p+1. The Hall–Kier alpha value is -1.95. The summed E-state index contributed by atoms with van der Waals surface area (Å²) in [5, 5.41) is 13.0. The van der Waals surface area contributed by atoms with E-state index in [2.05, 4.69) is 19.5 Å². The Morgan fingerprint density at radius 2 is 2.04 bits per heavy atom. The number of aryl methyl sites for hydroxylation is 1. The van der Waals surface area contributed by atoms with Crippen molar-refractivity contribution in [2.24, 2.45) is 17.3 Å². The van der Waals surface area contributed by atoms with E-state index in [1.54, 1.807) is 17.2 Å². The van der Waals surface area contributed by atoms with Crippen LogP contribution in [0.15, 0.2) is 40.0 Å². The first-order valence-electron chi connectivity index (χ1n) is 7.07. The van der Waals surface area contributed by atoms with Crippen molar-refractivity contribution in [1.29, 1.82) is 0 Å². The van der Waals surface area contributed by atoms with Gasteiger partial charge in [-0.1, -0.05) is 5.10 Å². The summed E-state index contributed by atoms with van der Waals surface area (Å²) in [6.07, 6.45) is 0. The van der Waals surface area contributed by atoms with Crippen LogP contribution >= 0.6 is 11.3 Å². The maximum Gasteiger partial charge on any atom is 0.429 e. The molecule has 0 aliphatic heterocycles. The molecule has 9 nitrogen and oxygen atoms in total. The lowest BCUT2D eigenvalue weighted by Gasteiger charge is -2.22. The van der Waals surface area contributed by atoms with E-state index in [-0.39, 0.29) is 6.61 Å². The van der Waals surface area contributed by atoms with E-state index in [0.717, 1.165) is 5.69 Å². The van der Waals surface area contributed by atoms with E-state index in [4.69, 9.17) is 4.55 Å². The predicted molar refractivity (Wildman–Crippen MR) is 89.3 cm³/mol. The second-order valence-electron chi connectivity index (χ2n) is 4.69. The largest absolute Gasteiger partial charge is 0.429 e. The van der Waals surface area contributed by atoms with Gasteiger partial charge < -0.3 is 4.90 Å². The highest BCUT2D eigenvalue weighted by Crippen LogP contribution is 2.22. The van der Waals surface area contributed by atoms with Gasteiger partial charge in [-0.2, -0.15) is 8.42 Å². The molecule has 0 aliphatic rings. The van der Waals surface area contributed by atoms with Crippen LogP contribution in [-0.2, 0) is 21.6 Å². The van der Waals surface area contributed by atoms with Crippen molar-refractivity contribution in [3.05, 3.63) is 29.8 Å². The van der Waals surface area contributed by atoms with Gasteiger partial charge in [0.05, 0.1) is 11.7 Å². The van der Waals surface area contributed by atoms with Crippen molar-refractivity contribution in [2.75, 3.05) is 24.6 Å². The molecule has 1 aromatic carbocycles. The number of hydrogen-bond acceptors (Lipinski definition) is 8. The molecule has 0 radical (unpaired) electrons. The van der Waals surface area contributed by atoms with Gasteiger partial charge in [0.1, 0.15) is 18.2 Å². The van der Waals surface area contributed by atoms with Crippen LogP contribution in [0.3, 0.4) is 0 Å². The van der Waals surface area contributed by atoms with Gasteiger partial charge in [0.25, 0.3) is 0 Å². The van der Waals surface area contributed by atoms with Gasteiger partial charge in [-0.05, 0) is 47.6 Å². The van der Waals surface area contributed by atoms with Crippen molar-refractivity contribution >= 4 is 38.2 Å². The molecule has 0 unspecified atom stereocenters. The van der Waals surface area contributed by atoms with Crippen molar-refractivity contribution < 1.29 is 21.8 Å². The highest BCUT2D eigenvalue weighted by atomic mass is 32.3. The lowest BCUT2D eigenvalue weighted by atomic mass is 10.2. The molecule has 1 N–H and O–H groups in total. The minimum Gasteiger partial charge on any atom is -0.369 e. The van der Waals surface area contributed by atoms with E-state index < -0.39 is 10.4 Å². The fraction of sp³-hybridized carbons (Fsp3) is 0.385. The van der Waals surface area contributed by atoms with Gasteiger partial charge in [0, 0.05) is 18.8 Å². The summed E-state index contributed by atoms with van der Waals surface area (Å²) < 4.78 is 35.7. The summed E-state index contributed by atoms with van der Waals surface area (Å²) in [5.74, 6) is 0. The summed E-state index contributed by atoms with van der Waals surface area (Å²) >= 11 is 1.39. The van der Waals surface area contributed by atoms with Gasteiger partial charge in [-0.15, -0.1) is 4.68 Å². The highest BCUT2D eigenvalue weighted by Gasteiger charge is 2.10. The van der Waals surface area contributed by atoms with Crippen LogP contribution in [0.1, 0.15) is 6.92 Å². The van der Waals surface area contributed by atoms with Gasteiger partial charge in [-0.3, -0.25) is 4.55 Å². The van der Waals surface area contributed by atoms with Gasteiger partial charge in [0.2, 0.25) is 0 Å². The van der Waals surface area contributed by atoms with E-state index in [0.29, 0.717) is 23.9 Å². The van der Waals surface area contributed by atoms with E-state index in [1.807, 2.05) is 36.1 Å². The lowest BCUT2D eigenvalue weighted by molar-refractivity contribution is -0.713. The van der Waals surface area contributed by atoms with E-state index >= 15 is 0 Å². The molecule has 0 saturated heterocycles. The Bertz CT molecular complexity index is 789. The average molecular weight is 372 g/mol. The van der Waals surface area contributed by atoms with Crippen LogP contribution < -0.4 is 9.58 Å². The lowest BCUT2D eigenvalue weighted by Crippen LogP contribution is -2.28. The molecule has 130 valence electrons. The van der Waals surface area contributed by atoms with Gasteiger partial charge in [0.15, 0.2) is 0 Å². The van der Waals surface area contributed by atoms with Crippen LogP contribution in [0.2, 0.25) is 0 Å². The minimum atomic E-state index is -4.41. The zero-order valence-corrected chi connectivity index (χ0v) is 14.9. The third-order valence-electron chi connectivity index (χ3n) is 3.10. The molecule has 2 rings (SSSR count). The molecule has 1 aromatic heterocycles. The number of rotatable bonds is 8. The second-order valence-corrected chi connectivity index (χ2v) is 6.59. The van der Waals surface area contributed by atoms with Crippen LogP contribution in [-0.4, -0.2) is 37.8 Å². The molecular formula is C13H18N5O4S2+. The molecule has 0 saturated carbocycles. The number of nitrogens with zero attached hydrogens (tertiary/aromatic N) is 5. The Morgan fingerprint density at radius 1 is 1.33 bits per heavy atom. The molecule has 0 fully saturated rings. The summed E-state index contributed by atoms with van der Waals surface area (Å²) in [4.78, 5) is 1.91. The molecule has 0 bridgehead atoms. The molecule has 24 heavy (non-hydrogen) atoms. The summed E-state index contributed by atoms with van der Waals surface area (Å²) in [6, 6.07) is 7.34. The average Bonchev–Trinajstić information content (AvgIpc) is 2.94. The first-order chi connectivity index (χ1) is 11.4. The number of anilines is 1. The Labute approximate surface area is 144 Å². The van der Waals surface area contributed by atoms with Crippen molar-refractivity contribution in [3.63, 3.8) is 0 Å². The van der Waals surface area contributed by atoms with Crippen molar-refractivity contribution in [1.82, 2.24) is 5.10 Å². The third kappa shape index (κ3) is 5.60. The molecule has 0 aliphatic carbocycles. The summed E-state index contributed by atoms with van der Waals surface area (Å²) in [7, 11) is -2.62. The topological polar surface area (TPSA) is 108 Å². The maximum absolute atomic E-state index is 10.6. The Kier molecular flexibility index (Phi) is 6.31. The molecule has 0 atom stereocenters. The number of hydrogen-bond donors (Lipinski definition) is 1. The third-order valence-corrected chi connectivity index (χ3v) is 4.32. The van der Waals surface area contributed by atoms with E-state index in [1.165, 1.54) is 11.3 Å². The SMILES string of the molecule is CCN(CCOS(=O)(=O)O)c1ccc(N=Nc2scn[n+]2C)cc1. The molecule has 0 spiro atoms. The maximum atomic E-state index is 10.6. The number of azo groups is 1. The normalized spacial score (nSPS) is 12.0.